The Morgan fingerprint density at radius 3 is 2.50 bits per heavy atom. The van der Waals surface area contributed by atoms with E-state index in [1.807, 2.05) is 13.1 Å². The van der Waals surface area contributed by atoms with Gasteiger partial charge in [0.1, 0.15) is 18.2 Å². The fraction of sp³-hybridized carbons (Fsp3) is 0.516. The molecule has 1 aromatic heterocycles. The molecular weight excluding hydrogens is 557 g/mol. The lowest BCUT2D eigenvalue weighted by Gasteiger charge is -2.33. The van der Waals surface area contributed by atoms with Crippen LogP contribution in [0.4, 0.5) is 4.39 Å². The summed E-state index contributed by atoms with van der Waals surface area (Å²) in [4.78, 5) is 17.7. The van der Waals surface area contributed by atoms with Crippen LogP contribution in [0.3, 0.4) is 0 Å². The van der Waals surface area contributed by atoms with Crippen LogP contribution in [-0.4, -0.2) is 93.0 Å². The molecule has 9 nitrogen and oxygen atoms in total. The first-order valence-electron chi connectivity index (χ1n) is 14.9. The van der Waals surface area contributed by atoms with Crippen LogP contribution in [0, 0.1) is 5.82 Å². The van der Waals surface area contributed by atoms with Gasteiger partial charge < -0.3 is 14.2 Å². The van der Waals surface area contributed by atoms with E-state index in [1.54, 1.807) is 24.3 Å². The minimum Gasteiger partial charge on any atom is -0.491 e. The first kappa shape index (κ1) is 29.1. The zero-order valence-corrected chi connectivity index (χ0v) is 25.4. The second kappa shape index (κ2) is 11.6. The molecule has 1 fully saturated rings. The number of rotatable bonds is 1. The number of likely N-dealkylation sites (N-methyl/N-ethyl adjacent to an activating group) is 3. The third-order valence-corrected chi connectivity index (χ3v) is 10.7. The van der Waals surface area contributed by atoms with Crippen molar-refractivity contribution in [1.29, 1.82) is 0 Å². The summed E-state index contributed by atoms with van der Waals surface area (Å²) in [7, 11) is 1.50. The van der Waals surface area contributed by atoms with Gasteiger partial charge in [0.25, 0.3) is 5.91 Å². The fourth-order valence-electron chi connectivity index (χ4n) is 6.64. The maximum absolute atomic E-state index is 14.8. The first-order valence-corrected chi connectivity index (χ1v) is 16.3. The van der Waals surface area contributed by atoms with Crippen molar-refractivity contribution in [2.24, 2.45) is 0 Å². The van der Waals surface area contributed by atoms with Crippen LogP contribution in [0.2, 0.25) is 0 Å². The highest BCUT2D eigenvalue weighted by molar-refractivity contribution is 7.87. The van der Waals surface area contributed by atoms with Crippen LogP contribution in [0.15, 0.2) is 36.4 Å². The van der Waals surface area contributed by atoms with E-state index in [2.05, 4.69) is 26.1 Å². The Morgan fingerprint density at radius 1 is 0.952 bits per heavy atom. The predicted octanol–water partition coefficient (Wildman–Crippen LogP) is 4.04. The summed E-state index contributed by atoms with van der Waals surface area (Å²) in [6.45, 7) is 3.26. The molecule has 0 radical (unpaired) electrons. The van der Waals surface area contributed by atoms with Crippen LogP contribution >= 0.6 is 0 Å². The molecule has 4 bridgehead atoms. The summed E-state index contributed by atoms with van der Waals surface area (Å²) >= 11 is 0. The molecule has 226 valence electrons. The van der Waals surface area contributed by atoms with Crippen molar-refractivity contribution in [3.05, 3.63) is 53.3 Å². The number of hydrogen-bond donors (Lipinski definition) is 1. The SMILES string of the molecule is CN1CCN(C)C2COc3ccc(F)cc3-c3c(C4CCCCC4)c4ccc(cc4n3C2)C(=O)NS(=O)(=O)N(C)CC1. The Hall–Kier alpha value is -2.99. The van der Waals surface area contributed by atoms with Gasteiger partial charge in [-0.05, 0) is 68.8 Å². The molecule has 2 aliphatic heterocycles. The van der Waals surface area contributed by atoms with Crippen molar-refractivity contribution in [2.45, 2.75) is 50.6 Å². The lowest BCUT2D eigenvalue weighted by atomic mass is 9.81. The van der Waals surface area contributed by atoms with Gasteiger partial charge in [0.15, 0.2) is 0 Å². The number of amides is 1. The van der Waals surface area contributed by atoms with Gasteiger partial charge >= 0.3 is 10.2 Å². The largest absolute Gasteiger partial charge is 0.491 e. The molecule has 0 spiro atoms. The number of aromatic nitrogens is 1. The van der Waals surface area contributed by atoms with Crippen molar-refractivity contribution in [3.8, 4) is 17.0 Å². The van der Waals surface area contributed by atoms with E-state index >= 15 is 0 Å². The molecule has 1 amide bonds. The number of carbonyl (C=O) groups excluding carboxylic acids is 1. The molecule has 2 aromatic carbocycles. The smallest absolute Gasteiger partial charge is 0.303 e. The number of hydrogen-bond acceptors (Lipinski definition) is 6. The van der Waals surface area contributed by atoms with Gasteiger partial charge in [-0.15, -0.1) is 0 Å². The zero-order chi connectivity index (χ0) is 29.6. The topological polar surface area (TPSA) is 87.1 Å². The number of carbonyl (C=O) groups is 1. The molecule has 42 heavy (non-hydrogen) atoms. The lowest BCUT2D eigenvalue weighted by molar-refractivity contribution is 0.0979. The number of nitrogens with one attached hydrogen (secondary N) is 1. The van der Waals surface area contributed by atoms with Gasteiger partial charge in [-0.1, -0.05) is 25.3 Å². The average molecular weight is 598 g/mol. The van der Waals surface area contributed by atoms with Crippen LogP contribution in [0.25, 0.3) is 22.2 Å². The van der Waals surface area contributed by atoms with Crippen molar-refractivity contribution < 1.29 is 22.3 Å². The number of halogens is 1. The van der Waals surface area contributed by atoms with E-state index in [9.17, 15) is 17.6 Å². The van der Waals surface area contributed by atoms with Crippen LogP contribution < -0.4 is 9.46 Å². The van der Waals surface area contributed by atoms with Gasteiger partial charge in [0.05, 0.1) is 11.7 Å². The van der Waals surface area contributed by atoms with Gasteiger partial charge in [-0.25, -0.2) is 9.11 Å². The molecule has 1 atom stereocenters. The Bertz CT molecular complexity index is 1600. The van der Waals surface area contributed by atoms with Gasteiger partial charge in [0.2, 0.25) is 0 Å². The molecule has 0 saturated heterocycles. The van der Waals surface area contributed by atoms with Crippen molar-refractivity contribution in [1.82, 2.24) is 23.4 Å². The molecule has 1 saturated carbocycles. The molecule has 3 aliphatic rings. The molecule has 3 aromatic rings. The summed E-state index contributed by atoms with van der Waals surface area (Å²) < 4.78 is 53.0. The number of nitrogens with zero attached hydrogens (tertiary/aromatic N) is 4. The number of ether oxygens (including phenoxy) is 1. The molecule has 1 N–H and O–H groups in total. The van der Waals surface area contributed by atoms with E-state index in [1.165, 1.54) is 29.4 Å². The molecule has 3 heterocycles. The number of fused-ring (bicyclic) bond motifs is 4. The van der Waals surface area contributed by atoms with E-state index in [0.717, 1.165) is 60.9 Å². The molecule has 11 heteroatoms. The fourth-order valence-corrected chi connectivity index (χ4v) is 7.47. The molecule has 1 unspecified atom stereocenters. The lowest BCUT2D eigenvalue weighted by Crippen LogP contribution is -2.46. The third-order valence-electron chi connectivity index (χ3n) is 9.29. The van der Waals surface area contributed by atoms with Crippen LogP contribution in [-0.2, 0) is 16.8 Å². The zero-order valence-electron chi connectivity index (χ0n) is 24.6. The highest BCUT2D eigenvalue weighted by Gasteiger charge is 2.32. The first-order chi connectivity index (χ1) is 20.1. The minimum absolute atomic E-state index is 0.0126. The Morgan fingerprint density at radius 2 is 1.71 bits per heavy atom. The number of benzene rings is 2. The minimum atomic E-state index is -4.03. The average Bonchev–Trinajstić information content (AvgIpc) is 3.28. The van der Waals surface area contributed by atoms with E-state index in [4.69, 9.17) is 4.74 Å². The summed E-state index contributed by atoms with van der Waals surface area (Å²) in [5.74, 6) is -0.0620. The monoisotopic (exact) mass is 597 g/mol. The van der Waals surface area contributed by atoms with E-state index in [-0.39, 0.29) is 24.0 Å². The maximum atomic E-state index is 14.8. The quantitative estimate of drug-likeness (QED) is 0.456. The normalized spacial score (nSPS) is 23.3. The second-order valence-corrected chi connectivity index (χ2v) is 13.9. The van der Waals surface area contributed by atoms with Gasteiger partial charge in [-0.2, -0.15) is 12.7 Å². The van der Waals surface area contributed by atoms with Gasteiger partial charge in [-0.3, -0.25) is 9.69 Å². The molecule has 1 aliphatic carbocycles. The Kier molecular flexibility index (Phi) is 8.03. The third kappa shape index (κ3) is 5.55. The van der Waals surface area contributed by atoms with Crippen LogP contribution in [0.1, 0.15) is 53.9 Å². The molecule has 6 rings (SSSR count). The summed E-state index contributed by atoms with van der Waals surface area (Å²) in [6.07, 6.45) is 5.55. The van der Waals surface area contributed by atoms with Crippen molar-refractivity contribution >= 4 is 27.0 Å². The van der Waals surface area contributed by atoms with Crippen LogP contribution in [0.5, 0.6) is 5.75 Å². The Balaban J connectivity index is 1.59. The Labute approximate surface area is 247 Å². The van der Waals surface area contributed by atoms with E-state index < -0.39 is 16.1 Å². The maximum Gasteiger partial charge on any atom is 0.303 e. The van der Waals surface area contributed by atoms with Gasteiger partial charge in [0, 0.05) is 61.8 Å². The summed E-state index contributed by atoms with van der Waals surface area (Å²) in [5, 5.41) is 1.02. The predicted molar refractivity (Wildman–Crippen MR) is 162 cm³/mol. The van der Waals surface area contributed by atoms with Crippen molar-refractivity contribution in [3.63, 3.8) is 0 Å². The van der Waals surface area contributed by atoms with Crippen molar-refractivity contribution in [2.75, 3.05) is 53.9 Å². The highest BCUT2D eigenvalue weighted by Crippen LogP contribution is 2.47. The summed E-state index contributed by atoms with van der Waals surface area (Å²) in [6, 6.07) is 10.2. The van der Waals surface area contributed by atoms with E-state index in [0.29, 0.717) is 31.4 Å². The highest BCUT2D eigenvalue weighted by atomic mass is 32.2. The molecular formula is C31H40FN5O4S. The summed E-state index contributed by atoms with van der Waals surface area (Å²) in [5.41, 5.74) is 3.94. The standard InChI is InChI=1S/C31H40FN5O4S/c1-34-13-15-35(2)24-19-37-27-17-22(31(38)33-42(39,40)36(3)16-14-34)9-11-25(27)29(21-7-5-4-6-8-21)30(37)26-18-23(32)10-12-28(26)41-20-24/h9-12,17-18,21,24H,4-8,13-16,19-20H2,1-3H3,(H,33,38). The second-order valence-electron chi connectivity index (χ2n) is 12.1.